The number of benzene rings is 1. The van der Waals surface area contributed by atoms with Crippen LogP contribution in [0, 0.1) is 22.9 Å². The van der Waals surface area contributed by atoms with Crippen LogP contribution in [-0.2, 0) is 10.0 Å². The Morgan fingerprint density at radius 3 is 2.70 bits per heavy atom. The number of aryl methyl sites for hydroxylation is 1. The largest absolute Gasteiger partial charge is 0.325 e. The van der Waals surface area contributed by atoms with Crippen LogP contribution in [0.1, 0.15) is 5.82 Å². The summed E-state index contributed by atoms with van der Waals surface area (Å²) in [5, 5.41) is 16.7. The molecule has 0 bridgehead atoms. The first kappa shape index (κ1) is 13.9. The van der Waals surface area contributed by atoms with Gasteiger partial charge in [-0.15, -0.1) is 5.10 Å². The zero-order chi connectivity index (χ0) is 14.9. The van der Waals surface area contributed by atoms with Crippen molar-refractivity contribution in [3.05, 3.63) is 40.0 Å². The summed E-state index contributed by atoms with van der Waals surface area (Å²) in [6.07, 6.45) is 0. The number of nitrogens with one attached hydrogen (secondary N) is 2. The summed E-state index contributed by atoms with van der Waals surface area (Å²) in [4.78, 5) is 12.6. The van der Waals surface area contributed by atoms with Crippen LogP contribution < -0.4 is 4.72 Å². The Morgan fingerprint density at radius 2 is 2.15 bits per heavy atom. The Morgan fingerprint density at radius 1 is 1.45 bits per heavy atom. The van der Waals surface area contributed by atoms with Gasteiger partial charge in [0, 0.05) is 0 Å². The first-order chi connectivity index (χ1) is 9.31. The topological polar surface area (TPSA) is 131 Å². The van der Waals surface area contributed by atoms with Gasteiger partial charge in [0.2, 0.25) is 5.82 Å². The van der Waals surface area contributed by atoms with E-state index < -0.39 is 31.3 Å². The number of halogens is 1. The molecule has 0 saturated carbocycles. The van der Waals surface area contributed by atoms with E-state index in [0.29, 0.717) is 5.82 Å². The van der Waals surface area contributed by atoms with Gasteiger partial charge in [-0.2, -0.15) is 9.37 Å². The molecular weight excluding hydrogens is 293 g/mol. The van der Waals surface area contributed by atoms with Gasteiger partial charge in [-0.3, -0.25) is 15.2 Å². The van der Waals surface area contributed by atoms with Crippen molar-refractivity contribution in [1.82, 2.24) is 15.2 Å². The summed E-state index contributed by atoms with van der Waals surface area (Å²) in [6.45, 7) is 1.54. The number of nitro benzene ring substituents is 1. The number of sulfonamides is 1. The molecular formula is C9H8FN5O4S. The first-order valence-electron chi connectivity index (χ1n) is 5.16. The number of hydrogen-bond acceptors (Lipinski definition) is 6. The van der Waals surface area contributed by atoms with E-state index >= 15 is 0 Å². The predicted octanol–water partition coefficient (Wildman–Crippen LogP) is 0.961. The van der Waals surface area contributed by atoms with E-state index in [1.165, 1.54) is 6.92 Å². The monoisotopic (exact) mass is 301 g/mol. The molecule has 2 aromatic rings. The molecule has 0 fully saturated rings. The molecule has 0 aliphatic rings. The first-order valence-corrected chi connectivity index (χ1v) is 6.64. The number of nitrogens with zero attached hydrogens (tertiary/aromatic N) is 3. The second-order valence-corrected chi connectivity index (χ2v) is 5.34. The Labute approximate surface area is 112 Å². The molecule has 106 valence electrons. The normalized spacial score (nSPS) is 11.3. The van der Waals surface area contributed by atoms with Gasteiger partial charge in [-0.25, -0.2) is 13.1 Å². The number of para-hydroxylation sites is 1. The minimum atomic E-state index is -4.37. The molecule has 0 aliphatic heterocycles. The third-order valence-corrected chi connectivity index (χ3v) is 3.60. The van der Waals surface area contributed by atoms with Crippen LogP contribution in [0.4, 0.5) is 16.0 Å². The summed E-state index contributed by atoms with van der Waals surface area (Å²) in [5.41, 5.74) is -1.13. The number of aromatic amines is 1. The smallest absolute Gasteiger partial charge is 0.261 e. The highest BCUT2D eigenvalue weighted by molar-refractivity contribution is 7.92. The van der Waals surface area contributed by atoms with E-state index in [1.807, 2.05) is 4.72 Å². The third-order valence-electron chi connectivity index (χ3n) is 2.24. The number of rotatable bonds is 4. The number of H-pyrrole nitrogens is 1. The summed E-state index contributed by atoms with van der Waals surface area (Å²) < 4.78 is 39.4. The predicted molar refractivity (Wildman–Crippen MR) is 65.0 cm³/mol. The second kappa shape index (κ2) is 4.85. The number of aromatic nitrogens is 3. The van der Waals surface area contributed by atoms with E-state index in [4.69, 9.17) is 0 Å². The minimum Gasteiger partial charge on any atom is -0.261 e. The summed E-state index contributed by atoms with van der Waals surface area (Å²) in [6, 6.07) is 2.78. The molecule has 2 rings (SSSR count). The molecule has 0 aliphatic carbocycles. The number of nitro groups is 1. The highest BCUT2D eigenvalue weighted by Crippen LogP contribution is 2.27. The van der Waals surface area contributed by atoms with Gasteiger partial charge in [0.15, 0.2) is 4.90 Å². The van der Waals surface area contributed by atoms with Crippen LogP contribution in [0.25, 0.3) is 0 Å². The lowest BCUT2D eigenvalue weighted by atomic mass is 10.3. The molecule has 11 heteroatoms. The van der Waals surface area contributed by atoms with Crippen LogP contribution in [0.15, 0.2) is 23.1 Å². The van der Waals surface area contributed by atoms with E-state index in [0.717, 1.165) is 18.2 Å². The molecule has 0 saturated heterocycles. The van der Waals surface area contributed by atoms with Gasteiger partial charge in [0.05, 0.1) is 4.92 Å². The van der Waals surface area contributed by atoms with Crippen molar-refractivity contribution in [2.24, 2.45) is 0 Å². The Hall–Kier alpha value is -2.56. The van der Waals surface area contributed by atoms with Crippen molar-refractivity contribution in [2.45, 2.75) is 11.8 Å². The fraction of sp³-hybridized carbons (Fsp3) is 0.111. The van der Waals surface area contributed by atoms with Crippen LogP contribution >= 0.6 is 0 Å². The van der Waals surface area contributed by atoms with Gasteiger partial charge >= 0.3 is 5.69 Å². The maximum absolute atomic E-state index is 13.4. The van der Waals surface area contributed by atoms with Crippen molar-refractivity contribution in [1.29, 1.82) is 0 Å². The van der Waals surface area contributed by atoms with Gasteiger partial charge in [0.1, 0.15) is 5.82 Å². The summed E-state index contributed by atoms with van der Waals surface area (Å²) in [7, 11) is -4.37. The van der Waals surface area contributed by atoms with Crippen LogP contribution in [0.5, 0.6) is 0 Å². The molecule has 1 aromatic carbocycles. The summed E-state index contributed by atoms with van der Waals surface area (Å²) >= 11 is 0. The fourth-order valence-corrected chi connectivity index (χ4v) is 2.58. The average Bonchev–Trinajstić information content (AvgIpc) is 2.73. The van der Waals surface area contributed by atoms with Crippen molar-refractivity contribution in [3.63, 3.8) is 0 Å². The zero-order valence-corrected chi connectivity index (χ0v) is 10.8. The molecule has 0 atom stereocenters. The van der Waals surface area contributed by atoms with E-state index in [1.54, 1.807) is 0 Å². The Kier molecular flexibility index (Phi) is 3.36. The summed E-state index contributed by atoms with van der Waals surface area (Å²) in [5.74, 6) is -1.19. The lowest BCUT2D eigenvalue weighted by Gasteiger charge is -2.05. The quantitative estimate of drug-likeness (QED) is 0.638. The second-order valence-electron chi connectivity index (χ2n) is 3.69. The van der Waals surface area contributed by atoms with Crippen molar-refractivity contribution in [3.8, 4) is 0 Å². The molecule has 0 unspecified atom stereocenters. The maximum Gasteiger partial charge on any atom is 0.325 e. The lowest BCUT2D eigenvalue weighted by Crippen LogP contribution is -2.16. The van der Waals surface area contributed by atoms with Gasteiger partial charge < -0.3 is 0 Å². The number of anilines is 1. The average molecular weight is 301 g/mol. The van der Waals surface area contributed by atoms with E-state index in [-0.39, 0.29) is 5.95 Å². The van der Waals surface area contributed by atoms with Gasteiger partial charge in [0.25, 0.3) is 16.0 Å². The SMILES string of the molecule is Cc1nc(NS(=O)(=O)c2cccc(F)c2[N+](=O)[O-])n[nH]1. The third kappa shape index (κ3) is 2.56. The van der Waals surface area contributed by atoms with Crippen LogP contribution in [0.3, 0.4) is 0 Å². The van der Waals surface area contributed by atoms with Crippen molar-refractivity contribution < 1.29 is 17.7 Å². The molecule has 0 radical (unpaired) electrons. The molecule has 0 amide bonds. The molecule has 1 heterocycles. The minimum absolute atomic E-state index is 0.291. The maximum atomic E-state index is 13.4. The van der Waals surface area contributed by atoms with Gasteiger partial charge in [-0.05, 0) is 19.1 Å². The van der Waals surface area contributed by atoms with Crippen LogP contribution in [0.2, 0.25) is 0 Å². The van der Waals surface area contributed by atoms with E-state index in [2.05, 4.69) is 15.2 Å². The Balaban J connectivity index is 2.50. The Bertz CT molecular complexity index is 772. The van der Waals surface area contributed by atoms with Crippen LogP contribution in [-0.4, -0.2) is 28.5 Å². The molecule has 0 spiro atoms. The zero-order valence-electron chi connectivity index (χ0n) is 9.99. The van der Waals surface area contributed by atoms with E-state index in [9.17, 15) is 22.9 Å². The fourth-order valence-electron chi connectivity index (χ4n) is 1.45. The molecule has 2 N–H and O–H groups in total. The standard InChI is InChI=1S/C9H8FN5O4S/c1-5-11-9(13-12-5)14-20(18,19)7-4-2-3-6(10)8(7)15(16)17/h2-4H,1H3,(H2,11,12,13,14). The highest BCUT2D eigenvalue weighted by Gasteiger charge is 2.30. The number of hydrogen-bond donors (Lipinski definition) is 2. The van der Waals surface area contributed by atoms with Gasteiger partial charge in [-0.1, -0.05) is 6.07 Å². The molecule has 1 aromatic heterocycles. The van der Waals surface area contributed by atoms with Crippen molar-refractivity contribution in [2.75, 3.05) is 4.72 Å². The molecule has 9 nitrogen and oxygen atoms in total. The lowest BCUT2D eigenvalue weighted by molar-refractivity contribution is -0.390. The molecule has 20 heavy (non-hydrogen) atoms. The highest BCUT2D eigenvalue weighted by atomic mass is 32.2. The van der Waals surface area contributed by atoms with Crippen molar-refractivity contribution >= 4 is 21.7 Å².